The first kappa shape index (κ1) is 12.0. The Morgan fingerprint density at radius 3 is 2.84 bits per heavy atom. The van der Waals surface area contributed by atoms with Crippen molar-refractivity contribution >= 4 is 17.2 Å². The molecular weight excluding hydrogens is 262 g/mol. The maximum atomic E-state index is 12.0. The minimum Gasteiger partial charge on any atom is -0.246 e. The number of nitrogens with zero attached hydrogens (tertiary/aromatic N) is 2. The molecule has 5 heteroatoms. The second-order valence-corrected chi connectivity index (χ2v) is 4.69. The second-order valence-electron chi connectivity index (χ2n) is 4.28. The number of hydrogen-bond donors (Lipinski definition) is 1. The lowest BCUT2D eigenvalue weighted by Gasteiger charge is -2.09. The van der Waals surface area contributed by atoms with Gasteiger partial charge in [0.15, 0.2) is 5.82 Å². The van der Waals surface area contributed by atoms with Crippen LogP contribution in [0.2, 0.25) is 5.02 Å². The van der Waals surface area contributed by atoms with E-state index in [1.807, 2.05) is 18.2 Å². The van der Waals surface area contributed by atoms with Crippen molar-refractivity contribution in [3.63, 3.8) is 0 Å². The number of hydrogen-bond acceptors (Lipinski definition) is 2. The standard InChI is InChI=1S/C14H12ClN3O/c15-11-8-4-5-9-12(11)18-13(16-17-14(18)19)10-6-2-1-3-7-10/h2,4-9H,1,3H2,(H,17,19). The molecule has 0 radical (unpaired) electrons. The molecule has 1 heterocycles. The Hall–Kier alpha value is -2.07. The third-order valence-corrected chi connectivity index (χ3v) is 3.34. The van der Waals surface area contributed by atoms with Crippen molar-refractivity contribution in [2.75, 3.05) is 0 Å². The SMILES string of the molecule is O=c1[nH]nc(C2=CCCC=C2)n1-c1ccccc1Cl. The van der Waals surface area contributed by atoms with E-state index in [9.17, 15) is 4.79 Å². The van der Waals surface area contributed by atoms with Crippen LogP contribution < -0.4 is 5.69 Å². The zero-order chi connectivity index (χ0) is 13.2. The summed E-state index contributed by atoms with van der Waals surface area (Å²) in [6.45, 7) is 0. The smallest absolute Gasteiger partial charge is 0.246 e. The summed E-state index contributed by atoms with van der Waals surface area (Å²) in [5.74, 6) is 0.592. The quantitative estimate of drug-likeness (QED) is 0.915. The second kappa shape index (κ2) is 4.90. The van der Waals surface area contributed by atoms with Gasteiger partial charge >= 0.3 is 5.69 Å². The monoisotopic (exact) mass is 273 g/mol. The van der Waals surface area contributed by atoms with Gasteiger partial charge in [0.2, 0.25) is 0 Å². The number of H-pyrrole nitrogens is 1. The molecule has 4 nitrogen and oxygen atoms in total. The molecule has 0 amide bonds. The maximum Gasteiger partial charge on any atom is 0.348 e. The lowest BCUT2D eigenvalue weighted by atomic mass is 10.1. The van der Waals surface area contributed by atoms with E-state index in [2.05, 4.69) is 22.3 Å². The molecule has 0 saturated carbocycles. The number of benzene rings is 1. The molecule has 96 valence electrons. The first-order valence-electron chi connectivity index (χ1n) is 6.07. The number of halogens is 1. The highest BCUT2D eigenvalue weighted by Crippen LogP contribution is 2.24. The molecule has 1 aromatic carbocycles. The summed E-state index contributed by atoms with van der Waals surface area (Å²) < 4.78 is 1.50. The predicted molar refractivity (Wildman–Crippen MR) is 75.5 cm³/mol. The van der Waals surface area contributed by atoms with Crippen LogP contribution in [0.1, 0.15) is 18.7 Å². The van der Waals surface area contributed by atoms with Crippen LogP contribution in [0.25, 0.3) is 11.3 Å². The fourth-order valence-electron chi connectivity index (χ4n) is 2.13. The largest absolute Gasteiger partial charge is 0.348 e. The first-order valence-corrected chi connectivity index (χ1v) is 6.44. The molecule has 0 aliphatic heterocycles. The van der Waals surface area contributed by atoms with E-state index in [1.165, 1.54) is 4.57 Å². The number of allylic oxidation sites excluding steroid dienone is 4. The average molecular weight is 274 g/mol. The van der Waals surface area contributed by atoms with Crippen LogP contribution in [-0.4, -0.2) is 14.8 Å². The van der Waals surface area contributed by atoms with Gasteiger partial charge in [-0.15, -0.1) is 0 Å². The number of rotatable bonds is 2. The molecule has 0 bridgehead atoms. The fourth-order valence-corrected chi connectivity index (χ4v) is 2.35. The predicted octanol–water partition coefficient (Wildman–Crippen LogP) is 2.95. The Morgan fingerprint density at radius 2 is 2.11 bits per heavy atom. The lowest BCUT2D eigenvalue weighted by molar-refractivity contribution is 0.966. The van der Waals surface area contributed by atoms with Crippen LogP contribution >= 0.6 is 11.6 Å². The molecule has 2 aromatic rings. The van der Waals surface area contributed by atoms with Gasteiger partial charge in [-0.25, -0.2) is 14.5 Å². The van der Waals surface area contributed by atoms with Crippen molar-refractivity contribution < 1.29 is 0 Å². The van der Waals surface area contributed by atoms with Gasteiger partial charge in [-0.1, -0.05) is 42.0 Å². The molecule has 1 N–H and O–H groups in total. The molecule has 1 aliphatic rings. The van der Waals surface area contributed by atoms with Crippen molar-refractivity contribution in [3.8, 4) is 5.69 Å². The number of para-hydroxylation sites is 1. The van der Waals surface area contributed by atoms with Crippen molar-refractivity contribution in [2.45, 2.75) is 12.8 Å². The summed E-state index contributed by atoms with van der Waals surface area (Å²) >= 11 is 6.16. The van der Waals surface area contributed by atoms with E-state index < -0.39 is 0 Å². The van der Waals surface area contributed by atoms with Crippen LogP contribution in [0.15, 0.2) is 47.3 Å². The normalized spacial score (nSPS) is 14.5. The van der Waals surface area contributed by atoms with E-state index in [0.717, 1.165) is 18.4 Å². The van der Waals surface area contributed by atoms with Gasteiger partial charge in [0.25, 0.3) is 0 Å². The van der Waals surface area contributed by atoms with Crippen molar-refractivity contribution in [1.29, 1.82) is 0 Å². The Bertz CT molecular complexity index is 724. The molecular formula is C14H12ClN3O. The summed E-state index contributed by atoms with van der Waals surface area (Å²) in [4.78, 5) is 12.0. The molecule has 1 aliphatic carbocycles. The van der Waals surface area contributed by atoms with Gasteiger partial charge in [0.1, 0.15) is 0 Å². The van der Waals surface area contributed by atoms with E-state index >= 15 is 0 Å². The molecule has 0 unspecified atom stereocenters. The van der Waals surface area contributed by atoms with E-state index in [0.29, 0.717) is 16.5 Å². The van der Waals surface area contributed by atoms with Gasteiger partial charge in [0.05, 0.1) is 10.7 Å². The average Bonchev–Trinajstić information content (AvgIpc) is 2.82. The minimum absolute atomic E-state index is 0.289. The summed E-state index contributed by atoms with van der Waals surface area (Å²) in [6, 6.07) is 7.23. The van der Waals surface area contributed by atoms with Gasteiger partial charge in [-0.2, -0.15) is 5.10 Å². The Balaban J connectivity index is 2.20. The molecule has 19 heavy (non-hydrogen) atoms. The number of nitrogens with one attached hydrogen (secondary N) is 1. The molecule has 0 atom stereocenters. The zero-order valence-corrected chi connectivity index (χ0v) is 10.9. The Morgan fingerprint density at radius 1 is 1.26 bits per heavy atom. The topological polar surface area (TPSA) is 50.7 Å². The van der Waals surface area contributed by atoms with Crippen molar-refractivity contribution in [1.82, 2.24) is 14.8 Å². The third kappa shape index (κ3) is 2.15. The molecule has 3 rings (SSSR count). The summed E-state index contributed by atoms with van der Waals surface area (Å²) in [5.41, 5.74) is 1.28. The minimum atomic E-state index is -0.289. The van der Waals surface area contributed by atoms with Gasteiger partial charge in [-0.05, 0) is 25.0 Å². The number of aromatic amines is 1. The van der Waals surface area contributed by atoms with Crippen molar-refractivity contribution in [3.05, 3.63) is 63.8 Å². The fraction of sp³-hybridized carbons (Fsp3) is 0.143. The highest BCUT2D eigenvalue weighted by atomic mass is 35.5. The van der Waals surface area contributed by atoms with Crippen LogP contribution in [0, 0.1) is 0 Å². The van der Waals surface area contributed by atoms with Crippen molar-refractivity contribution in [2.24, 2.45) is 0 Å². The van der Waals surface area contributed by atoms with Crippen LogP contribution in [0.3, 0.4) is 0 Å². The highest BCUT2D eigenvalue weighted by molar-refractivity contribution is 6.32. The Kier molecular flexibility index (Phi) is 3.09. The van der Waals surface area contributed by atoms with Crippen LogP contribution in [0.4, 0.5) is 0 Å². The first-order chi connectivity index (χ1) is 9.27. The van der Waals surface area contributed by atoms with Gasteiger partial charge in [-0.3, -0.25) is 0 Å². The van der Waals surface area contributed by atoms with E-state index in [-0.39, 0.29) is 5.69 Å². The summed E-state index contributed by atoms with van der Waals surface area (Å²) in [5, 5.41) is 7.11. The molecule has 1 aromatic heterocycles. The molecule has 0 fully saturated rings. The van der Waals surface area contributed by atoms with E-state index in [1.54, 1.807) is 12.1 Å². The van der Waals surface area contributed by atoms with Gasteiger partial charge in [0, 0.05) is 5.57 Å². The van der Waals surface area contributed by atoms with Crippen LogP contribution in [0.5, 0.6) is 0 Å². The molecule has 0 saturated heterocycles. The van der Waals surface area contributed by atoms with Gasteiger partial charge < -0.3 is 0 Å². The van der Waals surface area contributed by atoms with Crippen LogP contribution in [-0.2, 0) is 0 Å². The summed E-state index contributed by atoms with van der Waals surface area (Å²) in [6.07, 6.45) is 8.10. The zero-order valence-electron chi connectivity index (χ0n) is 10.1. The summed E-state index contributed by atoms with van der Waals surface area (Å²) in [7, 11) is 0. The highest BCUT2D eigenvalue weighted by Gasteiger charge is 2.15. The molecule has 0 spiro atoms. The van der Waals surface area contributed by atoms with E-state index in [4.69, 9.17) is 11.6 Å². The maximum absolute atomic E-state index is 12.0. The number of aromatic nitrogens is 3. The Labute approximate surface area is 115 Å². The lowest BCUT2D eigenvalue weighted by Crippen LogP contribution is -2.17. The third-order valence-electron chi connectivity index (χ3n) is 3.02.